The Bertz CT molecular complexity index is 414. The van der Waals surface area contributed by atoms with E-state index in [0.717, 1.165) is 37.1 Å². The molecule has 4 heteroatoms. The second-order valence-corrected chi connectivity index (χ2v) is 5.71. The number of ether oxygens (including phenoxy) is 2. The molecule has 4 nitrogen and oxygen atoms in total. The molecule has 1 aliphatic rings. The highest BCUT2D eigenvalue weighted by atomic mass is 16.5. The molecule has 1 heterocycles. The Morgan fingerprint density at radius 2 is 1.85 bits per heavy atom. The van der Waals surface area contributed by atoms with Crippen LogP contribution in [0.2, 0.25) is 0 Å². The topological polar surface area (TPSA) is 47.7 Å². The molecule has 0 bridgehead atoms. The van der Waals surface area contributed by atoms with Crippen LogP contribution < -0.4 is 15.2 Å². The van der Waals surface area contributed by atoms with E-state index < -0.39 is 0 Å². The van der Waals surface area contributed by atoms with Crippen molar-refractivity contribution in [3.8, 4) is 11.5 Å². The first kappa shape index (κ1) is 15.1. The van der Waals surface area contributed by atoms with Gasteiger partial charge in [0.15, 0.2) is 0 Å². The first-order valence-corrected chi connectivity index (χ1v) is 7.32. The van der Waals surface area contributed by atoms with Gasteiger partial charge in [0, 0.05) is 25.2 Å². The van der Waals surface area contributed by atoms with Crippen molar-refractivity contribution < 1.29 is 9.47 Å². The third kappa shape index (κ3) is 3.64. The third-order valence-electron chi connectivity index (χ3n) is 4.17. The van der Waals surface area contributed by atoms with Crippen LogP contribution in [0.4, 0.5) is 0 Å². The summed E-state index contributed by atoms with van der Waals surface area (Å²) in [6.07, 6.45) is 2.44. The lowest BCUT2D eigenvalue weighted by molar-refractivity contribution is 0.115. The highest BCUT2D eigenvalue weighted by Crippen LogP contribution is 2.27. The van der Waals surface area contributed by atoms with Crippen molar-refractivity contribution in [3.05, 3.63) is 23.8 Å². The zero-order valence-corrected chi connectivity index (χ0v) is 12.8. The van der Waals surface area contributed by atoms with E-state index in [1.807, 2.05) is 6.07 Å². The fourth-order valence-corrected chi connectivity index (χ4v) is 2.95. The maximum atomic E-state index is 5.93. The second-order valence-electron chi connectivity index (χ2n) is 5.71. The van der Waals surface area contributed by atoms with Gasteiger partial charge in [-0.25, -0.2) is 0 Å². The normalized spacial score (nSPS) is 23.6. The first-order chi connectivity index (χ1) is 9.66. The van der Waals surface area contributed by atoms with Crippen molar-refractivity contribution in [2.45, 2.75) is 32.4 Å². The Hall–Kier alpha value is -1.26. The molecule has 20 heavy (non-hydrogen) atoms. The summed E-state index contributed by atoms with van der Waals surface area (Å²) in [5.74, 6) is 2.46. The fraction of sp³-hybridized carbons (Fsp3) is 0.625. The van der Waals surface area contributed by atoms with Crippen LogP contribution in [0.5, 0.6) is 11.5 Å². The molecule has 1 saturated heterocycles. The Kier molecular flexibility index (Phi) is 5.26. The molecule has 112 valence electrons. The monoisotopic (exact) mass is 278 g/mol. The number of hydrogen-bond donors (Lipinski definition) is 1. The lowest BCUT2D eigenvalue weighted by Crippen LogP contribution is -2.45. The van der Waals surface area contributed by atoms with Crippen molar-refractivity contribution in [1.29, 1.82) is 0 Å². The number of nitrogens with zero attached hydrogens (tertiary/aromatic N) is 1. The zero-order chi connectivity index (χ0) is 14.5. The minimum atomic E-state index is 0.482. The largest absolute Gasteiger partial charge is 0.497 e. The molecule has 2 atom stereocenters. The lowest BCUT2D eigenvalue weighted by atomic mass is 9.92. The van der Waals surface area contributed by atoms with Crippen LogP contribution >= 0.6 is 0 Å². The summed E-state index contributed by atoms with van der Waals surface area (Å²) >= 11 is 0. The Balaban J connectivity index is 2.12. The number of rotatable bonds is 5. The van der Waals surface area contributed by atoms with Gasteiger partial charge in [0.2, 0.25) is 0 Å². The van der Waals surface area contributed by atoms with E-state index in [9.17, 15) is 0 Å². The lowest BCUT2D eigenvalue weighted by Gasteiger charge is -2.38. The van der Waals surface area contributed by atoms with E-state index in [1.165, 1.54) is 18.4 Å². The van der Waals surface area contributed by atoms with E-state index in [-0.39, 0.29) is 0 Å². The van der Waals surface area contributed by atoms with Crippen LogP contribution in [-0.4, -0.2) is 38.3 Å². The summed E-state index contributed by atoms with van der Waals surface area (Å²) in [6, 6.07) is 6.54. The number of likely N-dealkylation sites (tertiary alicyclic amines) is 1. The van der Waals surface area contributed by atoms with Gasteiger partial charge in [-0.1, -0.05) is 6.92 Å². The standard InChI is InChI=1S/C16H26N2O2/c1-12-4-5-18(14(6-12)10-17)11-13-7-15(19-2)9-16(8-13)20-3/h7-9,12,14H,4-6,10-11,17H2,1-3H3. The molecule has 0 aliphatic carbocycles. The van der Waals surface area contributed by atoms with Crippen molar-refractivity contribution in [2.75, 3.05) is 27.3 Å². The molecule has 1 fully saturated rings. The van der Waals surface area contributed by atoms with E-state index in [0.29, 0.717) is 6.04 Å². The van der Waals surface area contributed by atoms with Crippen molar-refractivity contribution >= 4 is 0 Å². The SMILES string of the molecule is COc1cc(CN2CCC(C)CC2CN)cc(OC)c1. The van der Waals surface area contributed by atoms with Crippen LogP contribution in [0.25, 0.3) is 0 Å². The van der Waals surface area contributed by atoms with Gasteiger partial charge in [-0.2, -0.15) is 0 Å². The molecule has 2 unspecified atom stereocenters. The van der Waals surface area contributed by atoms with Gasteiger partial charge in [-0.15, -0.1) is 0 Å². The molecular formula is C16H26N2O2. The second kappa shape index (κ2) is 6.95. The molecule has 2 rings (SSSR count). The summed E-state index contributed by atoms with van der Waals surface area (Å²) in [5, 5.41) is 0. The highest BCUT2D eigenvalue weighted by Gasteiger charge is 2.25. The number of methoxy groups -OCH3 is 2. The smallest absolute Gasteiger partial charge is 0.122 e. The van der Waals surface area contributed by atoms with Gasteiger partial charge in [0.05, 0.1) is 14.2 Å². The maximum Gasteiger partial charge on any atom is 0.122 e. The summed E-state index contributed by atoms with van der Waals surface area (Å²) < 4.78 is 10.7. The Morgan fingerprint density at radius 1 is 1.20 bits per heavy atom. The molecule has 1 aromatic carbocycles. The maximum absolute atomic E-state index is 5.93. The number of hydrogen-bond acceptors (Lipinski definition) is 4. The van der Waals surface area contributed by atoms with Crippen LogP contribution in [-0.2, 0) is 6.54 Å². The zero-order valence-electron chi connectivity index (χ0n) is 12.8. The van der Waals surface area contributed by atoms with Gasteiger partial charge >= 0.3 is 0 Å². The summed E-state index contributed by atoms with van der Waals surface area (Å²) in [5.41, 5.74) is 7.15. The molecule has 0 radical (unpaired) electrons. The van der Waals surface area contributed by atoms with Crippen molar-refractivity contribution in [2.24, 2.45) is 11.7 Å². The van der Waals surface area contributed by atoms with Crippen molar-refractivity contribution in [3.63, 3.8) is 0 Å². The summed E-state index contributed by atoms with van der Waals surface area (Å²) in [6.45, 7) is 5.06. The minimum Gasteiger partial charge on any atom is -0.497 e. The minimum absolute atomic E-state index is 0.482. The quantitative estimate of drug-likeness (QED) is 0.897. The average Bonchev–Trinajstić information content (AvgIpc) is 2.48. The number of nitrogens with two attached hydrogens (primary N) is 1. The third-order valence-corrected chi connectivity index (χ3v) is 4.17. The van der Waals surface area contributed by atoms with Crippen molar-refractivity contribution in [1.82, 2.24) is 4.90 Å². The summed E-state index contributed by atoms with van der Waals surface area (Å²) in [4.78, 5) is 2.48. The van der Waals surface area contributed by atoms with E-state index in [2.05, 4.69) is 24.0 Å². The molecule has 0 spiro atoms. The Labute approximate surface area is 121 Å². The first-order valence-electron chi connectivity index (χ1n) is 7.32. The molecule has 0 saturated carbocycles. The molecule has 2 N–H and O–H groups in total. The van der Waals surface area contributed by atoms with Crippen LogP contribution in [0.15, 0.2) is 18.2 Å². The van der Waals surface area contributed by atoms with Gasteiger partial charge in [-0.05, 0) is 43.0 Å². The van der Waals surface area contributed by atoms with Crippen LogP contribution in [0.3, 0.4) is 0 Å². The predicted molar refractivity (Wildman–Crippen MR) is 81.2 cm³/mol. The van der Waals surface area contributed by atoms with E-state index >= 15 is 0 Å². The van der Waals surface area contributed by atoms with Crippen LogP contribution in [0, 0.1) is 5.92 Å². The fourth-order valence-electron chi connectivity index (χ4n) is 2.95. The van der Waals surface area contributed by atoms with E-state index in [1.54, 1.807) is 14.2 Å². The molecule has 1 aromatic rings. The highest BCUT2D eigenvalue weighted by molar-refractivity contribution is 5.38. The van der Waals surface area contributed by atoms with Gasteiger partial charge in [0.25, 0.3) is 0 Å². The average molecular weight is 278 g/mol. The molecule has 0 aromatic heterocycles. The van der Waals surface area contributed by atoms with E-state index in [4.69, 9.17) is 15.2 Å². The van der Waals surface area contributed by atoms with Crippen LogP contribution in [0.1, 0.15) is 25.3 Å². The van der Waals surface area contributed by atoms with Gasteiger partial charge in [-0.3, -0.25) is 4.90 Å². The van der Waals surface area contributed by atoms with Gasteiger partial charge in [0.1, 0.15) is 11.5 Å². The Morgan fingerprint density at radius 3 is 2.40 bits per heavy atom. The predicted octanol–water partition coefficient (Wildman–Crippen LogP) is 2.26. The molecule has 0 amide bonds. The number of piperidine rings is 1. The molecule has 1 aliphatic heterocycles. The number of benzene rings is 1. The summed E-state index contributed by atoms with van der Waals surface area (Å²) in [7, 11) is 3.37. The molecular weight excluding hydrogens is 252 g/mol. The van der Waals surface area contributed by atoms with Gasteiger partial charge < -0.3 is 15.2 Å².